The van der Waals surface area contributed by atoms with Crippen LogP contribution in [0.15, 0.2) is 28.7 Å². The summed E-state index contributed by atoms with van der Waals surface area (Å²) in [6, 6.07) is 7.61. The van der Waals surface area contributed by atoms with Crippen molar-refractivity contribution in [2.75, 3.05) is 25.4 Å². The van der Waals surface area contributed by atoms with E-state index in [-0.39, 0.29) is 10.5 Å². The molecule has 1 aliphatic heterocycles. The molecule has 1 aromatic carbocycles. The maximum atomic E-state index is 12.2. The first-order valence-electron chi connectivity index (χ1n) is 6.11. The van der Waals surface area contributed by atoms with Crippen molar-refractivity contribution in [3.05, 3.63) is 34.3 Å². The summed E-state index contributed by atoms with van der Waals surface area (Å²) in [6.07, 6.45) is 0. The van der Waals surface area contributed by atoms with Crippen LogP contribution in [0.25, 0.3) is 0 Å². The molecule has 2 nitrogen and oxygen atoms in total. The van der Waals surface area contributed by atoms with Crippen LogP contribution in [0.4, 0.5) is 0 Å². The summed E-state index contributed by atoms with van der Waals surface area (Å²) in [7, 11) is 0. The first kappa shape index (κ1) is 14.1. The second-order valence-electron chi connectivity index (χ2n) is 5.25. The van der Waals surface area contributed by atoms with E-state index in [1.54, 1.807) is 0 Å². The lowest BCUT2D eigenvalue weighted by molar-refractivity contribution is 0.0927. The number of carbonyl (C=O) groups excluding carboxylic acids is 1. The number of hydrogen-bond acceptors (Lipinski definition) is 3. The number of benzene rings is 1. The van der Waals surface area contributed by atoms with Gasteiger partial charge in [0.25, 0.3) is 0 Å². The number of halogens is 1. The van der Waals surface area contributed by atoms with Gasteiger partial charge >= 0.3 is 0 Å². The van der Waals surface area contributed by atoms with Crippen molar-refractivity contribution in [3.8, 4) is 0 Å². The highest BCUT2D eigenvalue weighted by atomic mass is 79.9. The molecule has 0 bridgehead atoms. The van der Waals surface area contributed by atoms with Crippen LogP contribution < -0.4 is 0 Å². The Balaban J connectivity index is 1.97. The molecule has 18 heavy (non-hydrogen) atoms. The molecule has 0 spiro atoms. The van der Waals surface area contributed by atoms with Gasteiger partial charge in [0, 0.05) is 33.6 Å². The Morgan fingerprint density at radius 1 is 1.39 bits per heavy atom. The summed E-state index contributed by atoms with van der Waals surface area (Å²) in [5.74, 6) is 1.32. The molecule has 0 unspecified atom stereocenters. The molecule has 0 aromatic heterocycles. The molecule has 0 saturated carbocycles. The number of hydrogen-bond donors (Lipinski definition) is 0. The molecule has 0 atom stereocenters. The van der Waals surface area contributed by atoms with Crippen LogP contribution in [0, 0.1) is 0 Å². The summed E-state index contributed by atoms with van der Waals surface area (Å²) in [6.45, 7) is 7.02. The van der Waals surface area contributed by atoms with Gasteiger partial charge in [0.2, 0.25) is 0 Å². The number of rotatable bonds is 3. The zero-order chi connectivity index (χ0) is 13.2. The van der Waals surface area contributed by atoms with Crippen molar-refractivity contribution in [1.82, 2.24) is 4.90 Å². The quantitative estimate of drug-likeness (QED) is 0.793. The van der Waals surface area contributed by atoms with E-state index in [0.29, 0.717) is 6.54 Å². The van der Waals surface area contributed by atoms with Gasteiger partial charge in [-0.1, -0.05) is 28.1 Å². The van der Waals surface area contributed by atoms with Crippen LogP contribution in [0.3, 0.4) is 0 Å². The molecule has 4 heteroatoms. The Bertz CT molecular complexity index is 430. The van der Waals surface area contributed by atoms with Crippen molar-refractivity contribution in [2.45, 2.75) is 18.6 Å². The molecule has 1 saturated heterocycles. The Kier molecular flexibility index (Phi) is 4.51. The Morgan fingerprint density at radius 2 is 2.06 bits per heavy atom. The lowest BCUT2D eigenvalue weighted by Crippen LogP contribution is -2.45. The molecule has 0 radical (unpaired) electrons. The average molecular weight is 328 g/mol. The summed E-state index contributed by atoms with van der Waals surface area (Å²) >= 11 is 5.37. The van der Waals surface area contributed by atoms with E-state index in [9.17, 15) is 4.79 Å². The third-order valence-electron chi connectivity index (χ3n) is 3.04. The highest BCUT2D eigenvalue weighted by Crippen LogP contribution is 2.29. The summed E-state index contributed by atoms with van der Waals surface area (Å²) in [4.78, 5) is 14.4. The van der Waals surface area contributed by atoms with E-state index < -0.39 is 0 Å². The largest absolute Gasteiger partial charge is 0.294 e. The SMILES string of the molecule is CC1(C)CN(CC(=O)c2ccc(Br)cc2)CCS1. The molecule has 98 valence electrons. The smallest absolute Gasteiger partial charge is 0.176 e. The fraction of sp³-hybridized carbons (Fsp3) is 0.500. The zero-order valence-corrected chi connectivity index (χ0v) is 13.2. The average Bonchev–Trinajstić information content (AvgIpc) is 2.28. The maximum Gasteiger partial charge on any atom is 0.176 e. The predicted molar refractivity (Wildman–Crippen MR) is 81.4 cm³/mol. The van der Waals surface area contributed by atoms with Gasteiger partial charge in [0.05, 0.1) is 6.54 Å². The van der Waals surface area contributed by atoms with Gasteiger partial charge in [-0.25, -0.2) is 0 Å². The summed E-state index contributed by atoms with van der Waals surface area (Å²) < 4.78 is 1.27. The fourth-order valence-electron chi connectivity index (χ4n) is 2.18. The Morgan fingerprint density at radius 3 is 2.67 bits per heavy atom. The van der Waals surface area contributed by atoms with Gasteiger partial charge < -0.3 is 0 Å². The number of ketones is 1. The van der Waals surface area contributed by atoms with Crippen molar-refractivity contribution in [2.24, 2.45) is 0 Å². The minimum Gasteiger partial charge on any atom is -0.294 e. The minimum atomic E-state index is 0.213. The van der Waals surface area contributed by atoms with Gasteiger partial charge in [-0.3, -0.25) is 9.69 Å². The van der Waals surface area contributed by atoms with E-state index in [0.717, 1.165) is 28.9 Å². The monoisotopic (exact) mass is 327 g/mol. The molecule has 0 amide bonds. The number of nitrogens with zero attached hydrogens (tertiary/aromatic N) is 1. The third-order valence-corrected chi connectivity index (χ3v) is 4.86. The van der Waals surface area contributed by atoms with E-state index in [1.807, 2.05) is 36.0 Å². The fourth-order valence-corrected chi connectivity index (χ4v) is 3.62. The van der Waals surface area contributed by atoms with Crippen molar-refractivity contribution >= 4 is 33.5 Å². The maximum absolute atomic E-state index is 12.2. The van der Waals surface area contributed by atoms with Crippen LogP contribution in [-0.4, -0.2) is 40.8 Å². The van der Waals surface area contributed by atoms with E-state index >= 15 is 0 Å². The molecule has 1 aromatic rings. The topological polar surface area (TPSA) is 20.3 Å². The van der Waals surface area contributed by atoms with Crippen LogP contribution in [0.5, 0.6) is 0 Å². The Labute approximate surface area is 121 Å². The van der Waals surface area contributed by atoms with Gasteiger partial charge in [0.15, 0.2) is 5.78 Å². The molecule has 0 N–H and O–H groups in total. The van der Waals surface area contributed by atoms with Crippen molar-refractivity contribution < 1.29 is 4.79 Å². The molecule has 0 aliphatic carbocycles. The van der Waals surface area contributed by atoms with E-state index in [4.69, 9.17) is 0 Å². The van der Waals surface area contributed by atoms with Crippen molar-refractivity contribution in [1.29, 1.82) is 0 Å². The standard InChI is InChI=1S/C14H18BrNOS/c1-14(2)10-16(7-8-18-14)9-13(17)11-3-5-12(15)6-4-11/h3-6H,7-10H2,1-2H3. The van der Waals surface area contributed by atoms with Gasteiger partial charge in [-0.05, 0) is 26.0 Å². The molecular weight excluding hydrogens is 310 g/mol. The van der Waals surface area contributed by atoms with Crippen LogP contribution in [0.1, 0.15) is 24.2 Å². The highest BCUT2D eigenvalue weighted by Gasteiger charge is 2.27. The molecule has 1 fully saturated rings. The van der Waals surface area contributed by atoms with Gasteiger partial charge in [0.1, 0.15) is 0 Å². The normalized spacial score (nSPS) is 19.7. The van der Waals surface area contributed by atoms with Gasteiger partial charge in [-0.15, -0.1) is 0 Å². The number of carbonyl (C=O) groups is 1. The predicted octanol–water partition coefficient (Wildman–Crippen LogP) is 3.46. The Hall–Kier alpha value is -0.320. The van der Waals surface area contributed by atoms with E-state index in [1.165, 1.54) is 0 Å². The van der Waals surface area contributed by atoms with Crippen LogP contribution in [0.2, 0.25) is 0 Å². The summed E-state index contributed by atoms with van der Waals surface area (Å²) in [5, 5.41) is 0. The zero-order valence-electron chi connectivity index (χ0n) is 10.8. The van der Waals surface area contributed by atoms with Gasteiger partial charge in [-0.2, -0.15) is 11.8 Å². The minimum absolute atomic E-state index is 0.213. The lowest BCUT2D eigenvalue weighted by Gasteiger charge is -2.37. The first-order chi connectivity index (χ1) is 8.46. The molecule has 1 heterocycles. The second-order valence-corrected chi connectivity index (χ2v) is 7.97. The van der Waals surface area contributed by atoms with Crippen molar-refractivity contribution in [3.63, 3.8) is 0 Å². The molecule has 1 aliphatic rings. The molecular formula is C14H18BrNOS. The van der Waals surface area contributed by atoms with E-state index in [2.05, 4.69) is 34.7 Å². The van der Waals surface area contributed by atoms with Crippen LogP contribution >= 0.6 is 27.7 Å². The third kappa shape index (κ3) is 3.84. The number of thioether (sulfide) groups is 1. The second kappa shape index (κ2) is 5.76. The molecule has 2 rings (SSSR count). The number of Topliss-reactive ketones (excluding diaryl/α,β-unsaturated/α-hetero) is 1. The lowest BCUT2D eigenvalue weighted by atomic mass is 10.1. The summed E-state index contributed by atoms with van der Waals surface area (Å²) in [5.41, 5.74) is 0.800. The highest BCUT2D eigenvalue weighted by molar-refractivity contribution is 9.10. The van der Waals surface area contributed by atoms with Crippen LogP contribution in [-0.2, 0) is 0 Å². The first-order valence-corrected chi connectivity index (χ1v) is 7.89.